The van der Waals surface area contributed by atoms with Gasteiger partial charge in [0.2, 0.25) is 5.91 Å². The Balaban J connectivity index is 1.65. The van der Waals surface area contributed by atoms with Crippen molar-refractivity contribution in [1.82, 2.24) is 20.7 Å². The van der Waals surface area contributed by atoms with Crippen molar-refractivity contribution >= 4 is 17.8 Å². The summed E-state index contributed by atoms with van der Waals surface area (Å²) in [5.74, 6) is -1.38. The van der Waals surface area contributed by atoms with E-state index < -0.39 is 29.9 Å². The van der Waals surface area contributed by atoms with Crippen molar-refractivity contribution in [2.75, 3.05) is 46.6 Å². The molecule has 12 heteroatoms. The van der Waals surface area contributed by atoms with Crippen LogP contribution in [0.15, 0.2) is 40.9 Å². The first-order chi connectivity index (χ1) is 19.0. The SMILES string of the molecule is CCCCOOC(=O)[C@H](COC)NC(=O)[C@H](CCc1ccccc1)NC(=O)c1cc(CN2CCOCC2)on1. The molecule has 0 aliphatic carbocycles. The van der Waals surface area contributed by atoms with E-state index in [1.54, 1.807) is 6.07 Å². The Morgan fingerprint density at radius 1 is 1.10 bits per heavy atom. The van der Waals surface area contributed by atoms with Crippen LogP contribution in [0.25, 0.3) is 0 Å². The molecule has 0 bridgehead atoms. The van der Waals surface area contributed by atoms with Crippen molar-refractivity contribution in [1.29, 1.82) is 0 Å². The third kappa shape index (κ3) is 10.4. The smallest absolute Gasteiger partial charge is 0.366 e. The number of amides is 2. The number of carbonyl (C=O) groups excluding carboxylic acids is 3. The molecule has 1 aliphatic rings. The second-order valence-electron chi connectivity index (χ2n) is 9.21. The van der Waals surface area contributed by atoms with E-state index in [-0.39, 0.29) is 25.3 Å². The summed E-state index contributed by atoms with van der Waals surface area (Å²) in [7, 11) is 1.40. The Bertz CT molecular complexity index is 1030. The third-order valence-electron chi connectivity index (χ3n) is 6.12. The van der Waals surface area contributed by atoms with Crippen LogP contribution in [-0.2, 0) is 41.8 Å². The number of morpholine rings is 1. The molecular weight excluding hydrogens is 508 g/mol. The Hall–Kier alpha value is -3.32. The maximum absolute atomic E-state index is 13.3. The second-order valence-corrected chi connectivity index (χ2v) is 9.21. The molecule has 1 fully saturated rings. The number of carbonyl (C=O) groups is 3. The van der Waals surface area contributed by atoms with E-state index >= 15 is 0 Å². The monoisotopic (exact) mass is 546 g/mol. The van der Waals surface area contributed by atoms with Crippen LogP contribution >= 0.6 is 0 Å². The predicted molar refractivity (Wildman–Crippen MR) is 139 cm³/mol. The highest BCUT2D eigenvalue weighted by Crippen LogP contribution is 2.11. The Morgan fingerprint density at radius 2 is 1.87 bits per heavy atom. The lowest BCUT2D eigenvalue weighted by atomic mass is 10.0. The van der Waals surface area contributed by atoms with Crippen LogP contribution in [0.2, 0.25) is 0 Å². The van der Waals surface area contributed by atoms with Crippen LogP contribution in [0, 0.1) is 0 Å². The van der Waals surface area contributed by atoms with Gasteiger partial charge in [0.25, 0.3) is 5.91 Å². The van der Waals surface area contributed by atoms with Gasteiger partial charge in [-0.1, -0.05) is 48.8 Å². The molecule has 0 unspecified atom stereocenters. The highest BCUT2D eigenvalue weighted by Gasteiger charge is 2.29. The van der Waals surface area contributed by atoms with Crippen LogP contribution in [0.4, 0.5) is 0 Å². The lowest BCUT2D eigenvalue weighted by molar-refractivity contribution is -0.275. The van der Waals surface area contributed by atoms with Crippen LogP contribution < -0.4 is 10.6 Å². The van der Waals surface area contributed by atoms with Gasteiger partial charge in [0, 0.05) is 26.3 Å². The third-order valence-corrected chi connectivity index (χ3v) is 6.12. The fourth-order valence-electron chi connectivity index (χ4n) is 3.90. The van der Waals surface area contributed by atoms with Gasteiger partial charge in [0.1, 0.15) is 6.04 Å². The summed E-state index contributed by atoms with van der Waals surface area (Å²) < 4.78 is 15.8. The molecule has 12 nitrogen and oxygen atoms in total. The van der Waals surface area contributed by atoms with Gasteiger partial charge in [-0.15, -0.1) is 0 Å². The normalized spacial score (nSPS) is 15.3. The topological polar surface area (TPSA) is 141 Å². The molecule has 214 valence electrons. The van der Waals surface area contributed by atoms with E-state index in [1.807, 2.05) is 37.3 Å². The molecule has 39 heavy (non-hydrogen) atoms. The molecule has 1 aromatic carbocycles. The molecule has 1 aromatic heterocycles. The molecule has 2 N–H and O–H groups in total. The lowest BCUT2D eigenvalue weighted by Gasteiger charge is -2.25. The van der Waals surface area contributed by atoms with Gasteiger partial charge in [-0.05, 0) is 24.8 Å². The minimum atomic E-state index is -1.12. The first-order valence-electron chi connectivity index (χ1n) is 13.2. The Morgan fingerprint density at radius 3 is 2.59 bits per heavy atom. The van der Waals surface area contributed by atoms with E-state index in [0.29, 0.717) is 31.9 Å². The minimum absolute atomic E-state index is 0.0629. The number of hydrogen-bond donors (Lipinski definition) is 2. The number of ether oxygens (including phenoxy) is 2. The van der Waals surface area contributed by atoms with Crippen molar-refractivity contribution in [3.8, 4) is 0 Å². The van der Waals surface area contributed by atoms with Crippen molar-refractivity contribution in [3.63, 3.8) is 0 Å². The molecule has 2 atom stereocenters. The van der Waals surface area contributed by atoms with Gasteiger partial charge in [-0.2, -0.15) is 4.89 Å². The van der Waals surface area contributed by atoms with Gasteiger partial charge in [0.05, 0.1) is 33.0 Å². The van der Waals surface area contributed by atoms with E-state index in [9.17, 15) is 14.4 Å². The largest absolute Gasteiger partial charge is 0.382 e. The molecule has 1 aliphatic heterocycles. The van der Waals surface area contributed by atoms with Crippen LogP contribution in [-0.4, -0.2) is 86.6 Å². The number of nitrogens with zero attached hydrogens (tertiary/aromatic N) is 2. The lowest BCUT2D eigenvalue weighted by Crippen LogP contribution is -2.53. The fraction of sp³-hybridized carbons (Fsp3) is 0.556. The molecule has 1 saturated heterocycles. The van der Waals surface area contributed by atoms with E-state index in [1.165, 1.54) is 7.11 Å². The molecule has 2 amide bonds. The highest BCUT2D eigenvalue weighted by atomic mass is 17.2. The summed E-state index contributed by atoms with van der Waals surface area (Å²) in [6.45, 7) is 5.41. The maximum Gasteiger partial charge on any atom is 0.366 e. The number of methoxy groups -OCH3 is 1. The van der Waals surface area contributed by atoms with Crippen molar-refractivity contribution in [3.05, 3.63) is 53.4 Å². The van der Waals surface area contributed by atoms with E-state index in [4.69, 9.17) is 23.8 Å². The van der Waals surface area contributed by atoms with Crippen LogP contribution in [0.5, 0.6) is 0 Å². The number of hydrogen-bond acceptors (Lipinski definition) is 10. The van der Waals surface area contributed by atoms with Crippen molar-refractivity contribution in [2.24, 2.45) is 0 Å². The molecular formula is C27H38N4O8. The number of unbranched alkanes of at least 4 members (excludes halogenated alkanes) is 1. The predicted octanol–water partition coefficient (Wildman–Crippen LogP) is 1.64. The molecule has 0 radical (unpaired) electrons. The van der Waals surface area contributed by atoms with Gasteiger partial charge in [0.15, 0.2) is 17.5 Å². The number of nitrogens with one attached hydrogen (secondary N) is 2. The average molecular weight is 547 g/mol. The molecule has 2 heterocycles. The van der Waals surface area contributed by atoms with E-state index in [0.717, 1.165) is 31.5 Å². The zero-order valence-electron chi connectivity index (χ0n) is 22.6. The zero-order valence-corrected chi connectivity index (χ0v) is 22.6. The summed E-state index contributed by atoms with van der Waals surface area (Å²) >= 11 is 0. The second kappa shape index (κ2) is 16.6. The van der Waals surface area contributed by atoms with E-state index in [2.05, 4.69) is 20.7 Å². The Labute approximate surface area is 228 Å². The average Bonchev–Trinajstić information content (AvgIpc) is 3.42. The summed E-state index contributed by atoms with van der Waals surface area (Å²) in [5.41, 5.74) is 1.06. The summed E-state index contributed by atoms with van der Waals surface area (Å²) in [6, 6.07) is 9.05. The maximum atomic E-state index is 13.3. The summed E-state index contributed by atoms with van der Waals surface area (Å²) in [5, 5.41) is 9.24. The standard InChI is InChI=1S/C27H38N4O8/c1-3-4-14-37-39-27(34)24(19-35-2)29-25(32)22(11-10-20-8-6-5-7-9-20)28-26(33)23-17-21(38-30-23)18-31-12-15-36-16-13-31/h5-9,17,22,24H,3-4,10-16,18-19H2,1-2H3,(H,28,33)(H,29,32)/t22-,24-/m0/s1. The van der Waals surface area contributed by atoms with Crippen molar-refractivity contribution in [2.45, 2.75) is 51.2 Å². The van der Waals surface area contributed by atoms with Gasteiger partial charge >= 0.3 is 5.97 Å². The first-order valence-corrected chi connectivity index (χ1v) is 13.2. The zero-order chi connectivity index (χ0) is 27.9. The van der Waals surface area contributed by atoms with Crippen LogP contribution in [0.1, 0.15) is 48.0 Å². The quantitative estimate of drug-likeness (QED) is 0.181. The molecule has 3 rings (SSSR count). The van der Waals surface area contributed by atoms with Gasteiger partial charge in [-0.3, -0.25) is 19.4 Å². The summed E-state index contributed by atoms with van der Waals surface area (Å²) in [4.78, 5) is 50.7. The van der Waals surface area contributed by atoms with Gasteiger partial charge < -0.3 is 24.6 Å². The number of benzene rings is 1. The number of rotatable bonds is 16. The first kappa shape index (κ1) is 30.2. The van der Waals surface area contributed by atoms with Crippen LogP contribution in [0.3, 0.4) is 0 Å². The minimum Gasteiger partial charge on any atom is -0.382 e. The number of aryl methyl sites for hydroxylation is 1. The molecule has 0 spiro atoms. The highest BCUT2D eigenvalue weighted by molar-refractivity contribution is 5.96. The fourth-order valence-corrected chi connectivity index (χ4v) is 3.90. The van der Waals surface area contributed by atoms with Crippen molar-refractivity contribution < 1.29 is 38.2 Å². The Kier molecular flexibility index (Phi) is 12.9. The molecule has 2 aromatic rings. The van der Waals surface area contributed by atoms with Gasteiger partial charge in [-0.25, -0.2) is 4.79 Å². The summed E-state index contributed by atoms with van der Waals surface area (Å²) in [6.07, 6.45) is 2.39. The molecule has 0 saturated carbocycles. The number of aromatic nitrogens is 1.